The summed E-state index contributed by atoms with van der Waals surface area (Å²) in [5, 5.41) is 13.7. The van der Waals surface area contributed by atoms with Gasteiger partial charge < -0.3 is 10.4 Å². The van der Waals surface area contributed by atoms with Gasteiger partial charge in [0.25, 0.3) is 0 Å². The van der Waals surface area contributed by atoms with Crippen LogP contribution >= 0.6 is 0 Å². The second-order valence-corrected chi connectivity index (χ2v) is 6.89. The second-order valence-electron chi connectivity index (χ2n) is 6.89. The van der Waals surface area contributed by atoms with Gasteiger partial charge in [-0.1, -0.05) is 32.9 Å². The molecule has 3 unspecified atom stereocenters. The number of benzene rings is 1. The first-order chi connectivity index (χ1) is 10.5. The Morgan fingerprint density at radius 1 is 1.36 bits per heavy atom. The molecule has 0 saturated heterocycles. The molecule has 3 atom stereocenters. The van der Waals surface area contributed by atoms with E-state index >= 15 is 0 Å². The molecule has 2 rings (SSSR count). The summed E-state index contributed by atoms with van der Waals surface area (Å²) in [4.78, 5) is 2.51. The molecule has 0 spiro atoms. The number of phenols is 1. The van der Waals surface area contributed by atoms with E-state index in [1.165, 1.54) is 18.4 Å². The molecule has 1 aromatic rings. The third-order valence-corrected chi connectivity index (χ3v) is 5.27. The van der Waals surface area contributed by atoms with E-state index in [9.17, 15) is 5.11 Å². The fourth-order valence-electron chi connectivity index (χ4n) is 4.19. The predicted octanol–water partition coefficient (Wildman–Crippen LogP) is 3.73. The van der Waals surface area contributed by atoms with Gasteiger partial charge in [0.15, 0.2) is 0 Å². The van der Waals surface area contributed by atoms with Crippen LogP contribution in [0.1, 0.15) is 52.0 Å². The molecule has 1 aromatic carbocycles. The van der Waals surface area contributed by atoms with Gasteiger partial charge in [-0.15, -0.1) is 0 Å². The normalized spacial score (nSPS) is 29.0. The molecule has 1 saturated carbocycles. The van der Waals surface area contributed by atoms with Crippen molar-refractivity contribution in [1.29, 1.82) is 0 Å². The molecule has 3 heteroatoms. The summed E-state index contributed by atoms with van der Waals surface area (Å²) in [5.74, 6) is 1.13. The highest BCUT2D eigenvalue weighted by Gasteiger charge is 2.46. The fraction of sp³-hybridized carbons (Fsp3) is 0.684. The van der Waals surface area contributed by atoms with Crippen LogP contribution in [0, 0.1) is 5.92 Å². The Morgan fingerprint density at radius 2 is 2.14 bits per heavy atom. The lowest BCUT2D eigenvalue weighted by atomic mass is 9.68. The van der Waals surface area contributed by atoms with Crippen molar-refractivity contribution in [1.82, 2.24) is 10.2 Å². The van der Waals surface area contributed by atoms with Gasteiger partial charge in [0.2, 0.25) is 0 Å². The molecule has 0 bridgehead atoms. The molecule has 1 aliphatic carbocycles. The Bertz CT molecular complexity index is 476. The van der Waals surface area contributed by atoms with Crippen LogP contribution in [0.2, 0.25) is 0 Å². The summed E-state index contributed by atoms with van der Waals surface area (Å²) in [7, 11) is 2.24. The summed E-state index contributed by atoms with van der Waals surface area (Å²) in [6, 6.07) is 8.33. The summed E-state index contributed by atoms with van der Waals surface area (Å²) >= 11 is 0. The van der Waals surface area contributed by atoms with Gasteiger partial charge in [-0.05, 0) is 69.4 Å². The van der Waals surface area contributed by atoms with Gasteiger partial charge in [0, 0.05) is 6.04 Å². The van der Waals surface area contributed by atoms with Crippen molar-refractivity contribution >= 4 is 0 Å². The molecule has 3 nitrogen and oxygen atoms in total. The summed E-state index contributed by atoms with van der Waals surface area (Å²) in [6.07, 6.45) is 4.72. The van der Waals surface area contributed by atoms with Gasteiger partial charge in [-0.2, -0.15) is 0 Å². The Labute approximate surface area is 135 Å². The van der Waals surface area contributed by atoms with E-state index in [1.807, 2.05) is 12.1 Å². The molecule has 0 radical (unpaired) electrons. The standard InChI is InChI=1S/C19H32N2O/c1-5-12-21(4)19(16-8-7-9-17(22)14-16)11-10-15(3)13-18(19)20-6-2/h7-9,14-15,18,20,22H,5-6,10-13H2,1-4H3. The van der Waals surface area contributed by atoms with Gasteiger partial charge in [-0.25, -0.2) is 0 Å². The third kappa shape index (κ3) is 3.31. The van der Waals surface area contributed by atoms with Crippen molar-refractivity contribution < 1.29 is 5.11 Å². The first-order valence-electron chi connectivity index (χ1n) is 8.78. The van der Waals surface area contributed by atoms with E-state index in [4.69, 9.17) is 0 Å². The average Bonchev–Trinajstić information content (AvgIpc) is 2.48. The minimum absolute atomic E-state index is 0.0166. The second kappa shape index (κ2) is 7.47. The van der Waals surface area contributed by atoms with Crippen LogP contribution in [-0.4, -0.2) is 36.2 Å². The monoisotopic (exact) mass is 304 g/mol. The number of hydrogen-bond donors (Lipinski definition) is 2. The molecule has 2 N–H and O–H groups in total. The van der Waals surface area contributed by atoms with Crippen molar-refractivity contribution in [3.8, 4) is 5.75 Å². The van der Waals surface area contributed by atoms with Crippen LogP contribution in [-0.2, 0) is 5.54 Å². The fourth-order valence-corrected chi connectivity index (χ4v) is 4.19. The van der Waals surface area contributed by atoms with E-state index in [2.05, 4.69) is 44.1 Å². The zero-order valence-electron chi connectivity index (χ0n) is 14.6. The van der Waals surface area contributed by atoms with Crippen molar-refractivity contribution in [2.75, 3.05) is 20.1 Å². The molecule has 124 valence electrons. The Kier molecular flexibility index (Phi) is 5.87. The van der Waals surface area contributed by atoms with Crippen LogP contribution < -0.4 is 5.32 Å². The molecule has 0 aromatic heterocycles. The minimum atomic E-state index is -0.0166. The first kappa shape index (κ1) is 17.3. The highest BCUT2D eigenvalue weighted by atomic mass is 16.3. The quantitative estimate of drug-likeness (QED) is 0.840. The van der Waals surface area contributed by atoms with Crippen LogP contribution in [0.3, 0.4) is 0 Å². The number of phenolic OH excluding ortho intramolecular Hbond substituents is 1. The number of likely N-dealkylation sites (N-methyl/N-ethyl adjacent to an activating group) is 2. The summed E-state index contributed by atoms with van der Waals surface area (Å²) in [5.41, 5.74) is 1.23. The van der Waals surface area contributed by atoms with Crippen LogP contribution in [0.5, 0.6) is 5.75 Å². The van der Waals surface area contributed by atoms with E-state index in [0.29, 0.717) is 11.8 Å². The lowest BCUT2D eigenvalue weighted by Gasteiger charge is -2.52. The van der Waals surface area contributed by atoms with Crippen molar-refractivity contribution in [3.05, 3.63) is 29.8 Å². The summed E-state index contributed by atoms with van der Waals surface area (Å²) in [6.45, 7) is 8.84. The highest BCUT2D eigenvalue weighted by molar-refractivity contribution is 5.35. The lowest BCUT2D eigenvalue weighted by molar-refractivity contribution is 0.0219. The van der Waals surface area contributed by atoms with Crippen molar-refractivity contribution in [2.24, 2.45) is 5.92 Å². The van der Waals surface area contributed by atoms with Crippen LogP contribution in [0.25, 0.3) is 0 Å². The van der Waals surface area contributed by atoms with E-state index in [-0.39, 0.29) is 5.54 Å². The molecule has 0 heterocycles. The van der Waals surface area contributed by atoms with E-state index in [1.54, 1.807) is 6.07 Å². The maximum absolute atomic E-state index is 10.00. The van der Waals surface area contributed by atoms with Crippen molar-refractivity contribution in [3.63, 3.8) is 0 Å². The summed E-state index contributed by atoms with van der Waals surface area (Å²) < 4.78 is 0. The van der Waals surface area contributed by atoms with Crippen LogP contribution in [0.4, 0.5) is 0 Å². The molecule has 0 amide bonds. The largest absolute Gasteiger partial charge is 0.508 e. The van der Waals surface area contributed by atoms with Gasteiger partial charge in [0.1, 0.15) is 5.75 Å². The Hall–Kier alpha value is -1.06. The molecular weight excluding hydrogens is 272 g/mol. The number of nitrogens with zero attached hydrogens (tertiary/aromatic N) is 1. The average molecular weight is 304 g/mol. The van der Waals surface area contributed by atoms with Gasteiger partial charge in [0.05, 0.1) is 5.54 Å². The van der Waals surface area contributed by atoms with Crippen LogP contribution in [0.15, 0.2) is 24.3 Å². The molecule has 1 fully saturated rings. The van der Waals surface area contributed by atoms with E-state index in [0.717, 1.165) is 31.8 Å². The zero-order chi connectivity index (χ0) is 16.2. The Morgan fingerprint density at radius 3 is 2.77 bits per heavy atom. The Balaban J connectivity index is 2.48. The third-order valence-electron chi connectivity index (χ3n) is 5.27. The number of nitrogens with one attached hydrogen (secondary N) is 1. The SMILES string of the molecule is CCCN(C)C1(c2cccc(O)c2)CCC(C)CC1NCC. The number of hydrogen-bond acceptors (Lipinski definition) is 3. The van der Waals surface area contributed by atoms with E-state index < -0.39 is 0 Å². The lowest BCUT2D eigenvalue weighted by Crippen LogP contribution is -2.60. The maximum Gasteiger partial charge on any atom is 0.115 e. The smallest absolute Gasteiger partial charge is 0.115 e. The number of aromatic hydroxyl groups is 1. The highest BCUT2D eigenvalue weighted by Crippen LogP contribution is 2.44. The molecular formula is C19H32N2O. The maximum atomic E-state index is 10.00. The molecule has 1 aliphatic rings. The van der Waals surface area contributed by atoms with Gasteiger partial charge >= 0.3 is 0 Å². The van der Waals surface area contributed by atoms with Crippen molar-refractivity contribution in [2.45, 2.75) is 58.0 Å². The minimum Gasteiger partial charge on any atom is -0.508 e. The van der Waals surface area contributed by atoms with Gasteiger partial charge in [-0.3, -0.25) is 4.90 Å². The first-order valence-corrected chi connectivity index (χ1v) is 8.78. The topological polar surface area (TPSA) is 35.5 Å². The number of rotatable bonds is 6. The zero-order valence-corrected chi connectivity index (χ0v) is 14.6. The molecule has 0 aliphatic heterocycles. The predicted molar refractivity (Wildman–Crippen MR) is 93.2 cm³/mol. The molecule has 22 heavy (non-hydrogen) atoms.